The first kappa shape index (κ1) is 18.9. The third kappa shape index (κ3) is 7.34. The fraction of sp³-hybridized carbons (Fsp3) is 0.500. The lowest BCUT2D eigenvalue weighted by Gasteiger charge is -2.14. The molecule has 1 amide bonds. The summed E-state index contributed by atoms with van der Waals surface area (Å²) in [5, 5.41) is 2.59. The van der Waals surface area contributed by atoms with Crippen molar-refractivity contribution in [3.63, 3.8) is 0 Å². The maximum atomic E-state index is 11.4. The van der Waals surface area contributed by atoms with Gasteiger partial charge in [-0.15, -0.1) is 0 Å². The molecule has 1 aliphatic heterocycles. The Labute approximate surface area is 148 Å². The first-order chi connectivity index (χ1) is 12.2. The van der Waals surface area contributed by atoms with Crippen LogP contribution in [0.3, 0.4) is 0 Å². The number of aromatic nitrogens is 1. The van der Waals surface area contributed by atoms with Gasteiger partial charge in [0.2, 0.25) is 11.8 Å². The van der Waals surface area contributed by atoms with Gasteiger partial charge in [-0.1, -0.05) is 6.08 Å². The molecule has 25 heavy (non-hydrogen) atoms. The molecule has 0 aromatic carbocycles. The number of carbonyl (C=O) groups is 2. The summed E-state index contributed by atoms with van der Waals surface area (Å²) in [6.07, 6.45) is 7.60. The highest BCUT2D eigenvalue weighted by Gasteiger charge is 2.12. The zero-order valence-corrected chi connectivity index (χ0v) is 14.6. The van der Waals surface area contributed by atoms with Gasteiger partial charge in [-0.3, -0.25) is 14.5 Å². The molecule has 7 heteroatoms. The van der Waals surface area contributed by atoms with E-state index in [0.717, 1.165) is 19.6 Å². The van der Waals surface area contributed by atoms with Gasteiger partial charge in [-0.05, 0) is 43.6 Å². The van der Waals surface area contributed by atoms with E-state index >= 15 is 0 Å². The maximum Gasteiger partial charge on any atom is 0.315 e. The van der Waals surface area contributed by atoms with E-state index in [9.17, 15) is 9.59 Å². The molecule has 0 unspecified atom stereocenters. The molecule has 136 valence electrons. The number of nitrogens with zero attached hydrogens (tertiary/aromatic N) is 2. The van der Waals surface area contributed by atoms with Crippen LogP contribution in [0.1, 0.15) is 24.8 Å². The number of nitrogens with one attached hydrogen (secondary N) is 1. The van der Waals surface area contributed by atoms with Crippen LogP contribution in [0, 0.1) is 0 Å². The van der Waals surface area contributed by atoms with Crippen LogP contribution in [0.2, 0.25) is 0 Å². The van der Waals surface area contributed by atoms with Crippen LogP contribution in [0.25, 0.3) is 0 Å². The molecule has 0 aliphatic carbocycles. The van der Waals surface area contributed by atoms with E-state index in [1.165, 1.54) is 25.5 Å². The second-order valence-electron chi connectivity index (χ2n) is 5.82. The average Bonchev–Trinajstić information content (AvgIpc) is 3.11. The molecule has 1 aromatic heterocycles. The molecule has 7 nitrogen and oxygen atoms in total. The Kier molecular flexibility index (Phi) is 7.91. The van der Waals surface area contributed by atoms with Crippen molar-refractivity contribution in [3.8, 4) is 5.88 Å². The molecule has 1 aliphatic rings. The Morgan fingerprint density at radius 3 is 2.88 bits per heavy atom. The molecule has 1 aromatic rings. The van der Waals surface area contributed by atoms with E-state index in [0.29, 0.717) is 19.0 Å². The molecular weight excluding hydrogens is 322 g/mol. The van der Waals surface area contributed by atoms with Crippen LogP contribution in [0.5, 0.6) is 5.88 Å². The largest absolute Gasteiger partial charge is 0.473 e. The summed E-state index contributed by atoms with van der Waals surface area (Å²) in [7, 11) is 1.25. The van der Waals surface area contributed by atoms with Crippen LogP contribution < -0.4 is 10.1 Å². The summed E-state index contributed by atoms with van der Waals surface area (Å²) in [5.41, 5.74) is 1.20. The highest BCUT2D eigenvalue weighted by molar-refractivity contribution is 5.94. The van der Waals surface area contributed by atoms with Gasteiger partial charge in [0.15, 0.2) is 0 Å². The molecule has 1 N–H and O–H groups in total. The van der Waals surface area contributed by atoms with Gasteiger partial charge in [0.05, 0.1) is 7.11 Å². The van der Waals surface area contributed by atoms with Crippen molar-refractivity contribution < 1.29 is 19.1 Å². The summed E-state index contributed by atoms with van der Waals surface area (Å²) in [6.45, 7) is 3.95. The van der Waals surface area contributed by atoms with Crippen molar-refractivity contribution in [2.45, 2.75) is 25.8 Å². The van der Waals surface area contributed by atoms with Crippen molar-refractivity contribution in [3.05, 3.63) is 36.0 Å². The Morgan fingerprint density at radius 1 is 1.32 bits per heavy atom. The van der Waals surface area contributed by atoms with Crippen molar-refractivity contribution >= 4 is 11.9 Å². The van der Waals surface area contributed by atoms with Gasteiger partial charge in [-0.25, -0.2) is 4.98 Å². The summed E-state index contributed by atoms with van der Waals surface area (Å²) in [4.78, 5) is 28.9. The number of esters is 1. The van der Waals surface area contributed by atoms with Crippen LogP contribution in [0.15, 0.2) is 30.5 Å². The molecule has 1 saturated heterocycles. The van der Waals surface area contributed by atoms with Crippen LogP contribution in [-0.2, 0) is 20.9 Å². The fourth-order valence-corrected chi connectivity index (χ4v) is 2.55. The Balaban J connectivity index is 1.65. The lowest BCUT2D eigenvalue weighted by Crippen LogP contribution is -2.26. The molecule has 1 fully saturated rings. The minimum atomic E-state index is -0.551. The van der Waals surface area contributed by atoms with E-state index in [4.69, 9.17) is 4.74 Å². The van der Waals surface area contributed by atoms with Crippen molar-refractivity contribution in [1.29, 1.82) is 0 Å². The summed E-state index contributed by atoms with van der Waals surface area (Å²) in [5.74, 6) is -0.325. The molecule has 0 saturated carbocycles. The van der Waals surface area contributed by atoms with E-state index in [2.05, 4.69) is 19.9 Å². The number of ether oxygens (including phenoxy) is 2. The van der Waals surface area contributed by atoms with Gasteiger partial charge < -0.3 is 14.8 Å². The molecular formula is C18H25N3O4. The standard InChI is InChI=1S/C18H25N3O4/c1-24-18(23)13-16(22)19-7-2-5-11-25-17-12-15(6-8-20-17)14-21-9-3-4-10-21/h2,5-6,8,12H,3-4,7,9-11,13-14H2,1H3,(H,19,22)/b5-2-. The number of amides is 1. The molecule has 2 rings (SSSR count). The predicted molar refractivity (Wildman–Crippen MR) is 93.0 cm³/mol. The van der Waals surface area contributed by atoms with Crippen LogP contribution >= 0.6 is 0 Å². The van der Waals surface area contributed by atoms with Gasteiger partial charge in [-0.2, -0.15) is 0 Å². The van der Waals surface area contributed by atoms with Crippen molar-refractivity contribution in [1.82, 2.24) is 15.2 Å². The van der Waals surface area contributed by atoms with Gasteiger partial charge in [0.25, 0.3) is 0 Å². The zero-order valence-electron chi connectivity index (χ0n) is 14.6. The monoisotopic (exact) mass is 347 g/mol. The summed E-state index contributed by atoms with van der Waals surface area (Å²) >= 11 is 0. The third-order valence-electron chi connectivity index (χ3n) is 3.85. The normalized spacial score (nSPS) is 14.6. The quantitative estimate of drug-likeness (QED) is 0.412. The van der Waals surface area contributed by atoms with Crippen LogP contribution in [-0.4, -0.2) is 55.1 Å². The zero-order chi connectivity index (χ0) is 17.9. The topological polar surface area (TPSA) is 80.8 Å². The van der Waals surface area contributed by atoms with E-state index in [-0.39, 0.29) is 12.3 Å². The fourth-order valence-electron chi connectivity index (χ4n) is 2.55. The van der Waals surface area contributed by atoms with Gasteiger partial charge in [0, 0.05) is 25.4 Å². The smallest absolute Gasteiger partial charge is 0.315 e. The summed E-state index contributed by atoms with van der Waals surface area (Å²) in [6, 6.07) is 3.97. The van der Waals surface area contributed by atoms with Crippen LogP contribution in [0.4, 0.5) is 0 Å². The number of hydrogen-bond donors (Lipinski definition) is 1. The molecule has 0 radical (unpaired) electrons. The van der Waals surface area contributed by atoms with Crippen molar-refractivity contribution in [2.24, 2.45) is 0 Å². The SMILES string of the molecule is COC(=O)CC(=O)NC/C=C\COc1cc(CN2CCCC2)ccn1. The predicted octanol–water partition coefficient (Wildman–Crippen LogP) is 1.29. The highest BCUT2D eigenvalue weighted by atomic mass is 16.5. The molecule has 0 bridgehead atoms. The Morgan fingerprint density at radius 2 is 2.12 bits per heavy atom. The van der Waals surface area contributed by atoms with E-state index in [1.807, 2.05) is 12.1 Å². The summed E-state index contributed by atoms with van der Waals surface area (Å²) < 4.78 is 10.0. The first-order valence-corrected chi connectivity index (χ1v) is 8.46. The molecule has 0 spiro atoms. The maximum absolute atomic E-state index is 11.4. The molecule has 0 atom stereocenters. The highest BCUT2D eigenvalue weighted by Crippen LogP contribution is 2.15. The van der Waals surface area contributed by atoms with Crippen molar-refractivity contribution in [2.75, 3.05) is 33.4 Å². The number of carbonyl (C=O) groups excluding carboxylic acids is 2. The molecule has 2 heterocycles. The minimum Gasteiger partial charge on any atom is -0.473 e. The number of hydrogen-bond acceptors (Lipinski definition) is 6. The number of methoxy groups -OCH3 is 1. The number of rotatable bonds is 9. The number of pyridine rings is 1. The second kappa shape index (κ2) is 10.5. The van der Waals surface area contributed by atoms with Gasteiger partial charge in [0.1, 0.15) is 13.0 Å². The van der Waals surface area contributed by atoms with E-state index in [1.54, 1.807) is 18.3 Å². The minimum absolute atomic E-state index is 0.269. The second-order valence-corrected chi connectivity index (χ2v) is 5.82. The Bertz CT molecular complexity index is 598. The third-order valence-corrected chi connectivity index (χ3v) is 3.85. The lowest BCUT2D eigenvalue weighted by molar-refractivity contribution is -0.143. The van der Waals surface area contributed by atoms with E-state index < -0.39 is 5.97 Å². The first-order valence-electron chi connectivity index (χ1n) is 8.46. The Hall–Kier alpha value is -2.41. The lowest BCUT2D eigenvalue weighted by atomic mass is 10.2. The van der Waals surface area contributed by atoms with Gasteiger partial charge >= 0.3 is 5.97 Å². The average molecular weight is 347 g/mol. The number of likely N-dealkylation sites (tertiary alicyclic amines) is 1.